The molecule has 2 aromatic carbocycles. The summed E-state index contributed by atoms with van der Waals surface area (Å²) in [5.74, 6) is 2.03. The largest absolute Gasteiger partial charge is 0.496 e. The maximum Gasteiger partial charge on any atom is 0.328 e. The lowest BCUT2D eigenvalue weighted by atomic mass is 9.77. The van der Waals surface area contributed by atoms with Crippen LogP contribution in [-0.4, -0.2) is 51.2 Å². The smallest absolute Gasteiger partial charge is 0.328 e. The molecule has 0 saturated carbocycles. The summed E-state index contributed by atoms with van der Waals surface area (Å²) in [5.41, 5.74) is 4.77. The van der Waals surface area contributed by atoms with Gasteiger partial charge < -0.3 is 14.6 Å². The number of H-pyrrole nitrogens is 1. The number of methoxy groups -OCH3 is 1. The highest BCUT2D eigenvalue weighted by Crippen LogP contribution is 2.44. The van der Waals surface area contributed by atoms with E-state index in [9.17, 15) is 9.59 Å². The number of hydrogen-bond donors (Lipinski definition) is 1. The number of likely N-dealkylation sites (tertiary alicyclic amines) is 1. The van der Waals surface area contributed by atoms with E-state index in [0.29, 0.717) is 45.5 Å². The van der Waals surface area contributed by atoms with Crippen molar-refractivity contribution < 1.29 is 4.74 Å². The molecule has 5 aromatic rings. The van der Waals surface area contributed by atoms with Crippen LogP contribution in [0.4, 0.5) is 0 Å². The van der Waals surface area contributed by atoms with Gasteiger partial charge in [-0.1, -0.05) is 42.5 Å². The van der Waals surface area contributed by atoms with Gasteiger partial charge in [-0.3, -0.25) is 9.36 Å². The monoisotopic (exact) mass is 525 g/mol. The van der Waals surface area contributed by atoms with E-state index in [-0.39, 0.29) is 5.56 Å². The second-order valence-corrected chi connectivity index (χ2v) is 11.2. The van der Waals surface area contributed by atoms with Crippen LogP contribution >= 0.6 is 11.3 Å². The molecule has 2 aliphatic rings. The molecule has 2 atom stereocenters. The molecule has 1 saturated heterocycles. The van der Waals surface area contributed by atoms with E-state index in [1.165, 1.54) is 27.0 Å². The molecule has 1 N–H and O–H groups in total. The van der Waals surface area contributed by atoms with Gasteiger partial charge in [0.15, 0.2) is 0 Å². The minimum absolute atomic E-state index is 0.276. The lowest BCUT2D eigenvalue weighted by molar-refractivity contribution is 0.303. The van der Waals surface area contributed by atoms with Crippen molar-refractivity contribution in [2.45, 2.75) is 25.3 Å². The molecule has 4 heterocycles. The fraction of sp³-hybridized carbons (Fsp3) is 0.310. The summed E-state index contributed by atoms with van der Waals surface area (Å²) in [7, 11) is 1.74. The van der Waals surface area contributed by atoms with Gasteiger partial charge in [-0.2, -0.15) is 0 Å². The van der Waals surface area contributed by atoms with Crippen LogP contribution in [0.5, 0.6) is 5.75 Å². The fourth-order valence-electron chi connectivity index (χ4n) is 6.22. The zero-order valence-electron chi connectivity index (χ0n) is 21.0. The number of nitrogens with zero attached hydrogens (tertiary/aromatic N) is 4. The number of aromatic nitrogens is 4. The molecule has 0 spiro atoms. The highest BCUT2D eigenvalue weighted by molar-refractivity contribution is 7.25. The van der Waals surface area contributed by atoms with Crippen LogP contribution in [-0.2, 0) is 13.0 Å². The Hall–Kier alpha value is -3.82. The first-order valence-corrected chi connectivity index (χ1v) is 13.8. The molecule has 7 rings (SSSR count). The Kier molecular flexibility index (Phi) is 5.63. The van der Waals surface area contributed by atoms with Gasteiger partial charge in [0.25, 0.3) is 5.56 Å². The highest BCUT2D eigenvalue weighted by atomic mass is 32.1. The topological polar surface area (TPSA) is 93.1 Å². The molecule has 0 radical (unpaired) electrons. The van der Waals surface area contributed by atoms with Crippen molar-refractivity contribution >= 4 is 31.9 Å². The quantitative estimate of drug-likeness (QED) is 0.373. The van der Waals surface area contributed by atoms with E-state index in [2.05, 4.69) is 27.0 Å². The summed E-state index contributed by atoms with van der Waals surface area (Å²) < 4.78 is 7.42. The Morgan fingerprint density at radius 2 is 1.95 bits per heavy atom. The van der Waals surface area contributed by atoms with Crippen molar-refractivity contribution in [1.82, 2.24) is 24.4 Å². The van der Waals surface area contributed by atoms with Gasteiger partial charge in [0, 0.05) is 37.7 Å². The van der Waals surface area contributed by atoms with Gasteiger partial charge in [-0.25, -0.2) is 14.8 Å². The van der Waals surface area contributed by atoms with Crippen LogP contribution in [0.3, 0.4) is 0 Å². The Balaban J connectivity index is 1.15. The first kappa shape index (κ1) is 23.3. The predicted octanol–water partition coefficient (Wildman–Crippen LogP) is 4.03. The number of nitrogens with one attached hydrogen (secondary N) is 1. The van der Waals surface area contributed by atoms with Crippen molar-refractivity contribution in [2.24, 2.45) is 5.92 Å². The van der Waals surface area contributed by atoms with E-state index in [0.717, 1.165) is 42.9 Å². The van der Waals surface area contributed by atoms with Crippen LogP contribution in [0, 0.1) is 5.92 Å². The standard InChI is InChI=1S/C29H27N5O3S/c1-37-23-9-5-8-19-20(23)11-10-18-15-33(16-21(18)19)12-13-34-28(35)26-24(32-29(34)36)25-27(38-26)31-22(14-30-25)17-6-3-2-4-7-17/h2-9,14,18,21H,10-13,15-16H2,1H3,(H,32,36)/t18-,21+/m0/s1. The lowest BCUT2D eigenvalue weighted by Gasteiger charge is -2.28. The molecule has 8 nitrogen and oxygen atoms in total. The summed E-state index contributed by atoms with van der Waals surface area (Å²) in [5, 5.41) is 0. The van der Waals surface area contributed by atoms with Gasteiger partial charge in [0.2, 0.25) is 0 Å². The van der Waals surface area contributed by atoms with Crippen LogP contribution in [0.15, 0.2) is 64.3 Å². The van der Waals surface area contributed by atoms with Crippen LogP contribution in [0.25, 0.3) is 31.8 Å². The number of hydrogen-bond acceptors (Lipinski definition) is 7. The second-order valence-electron chi connectivity index (χ2n) is 10.2. The predicted molar refractivity (Wildman–Crippen MR) is 149 cm³/mol. The highest BCUT2D eigenvalue weighted by Gasteiger charge is 2.38. The molecule has 1 fully saturated rings. The Morgan fingerprint density at radius 3 is 2.79 bits per heavy atom. The van der Waals surface area contributed by atoms with Gasteiger partial charge in [0.1, 0.15) is 20.8 Å². The van der Waals surface area contributed by atoms with Crippen molar-refractivity contribution in [2.75, 3.05) is 26.7 Å². The van der Waals surface area contributed by atoms with E-state index in [1.54, 1.807) is 13.3 Å². The fourth-order valence-corrected chi connectivity index (χ4v) is 7.26. The molecular formula is C29H27N5O3S. The minimum Gasteiger partial charge on any atom is -0.496 e. The number of ether oxygens (including phenoxy) is 1. The number of thiophene rings is 1. The molecular weight excluding hydrogens is 498 g/mol. The summed E-state index contributed by atoms with van der Waals surface area (Å²) >= 11 is 1.29. The molecule has 0 unspecified atom stereocenters. The summed E-state index contributed by atoms with van der Waals surface area (Å²) in [6.07, 6.45) is 3.85. The van der Waals surface area contributed by atoms with Crippen LogP contribution in [0.2, 0.25) is 0 Å². The van der Waals surface area contributed by atoms with E-state index in [4.69, 9.17) is 9.72 Å². The first-order chi connectivity index (χ1) is 18.6. The van der Waals surface area contributed by atoms with Gasteiger partial charge >= 0.3 is 5.69 Å². The van der Waals surface area contributed by atoms with E-state index >= 15 is 0 Å². The van der Waals surface area contributed by atoms with Gasteiger partial charge in [0.05, 0.1) is 24.5 Å². The molecule has 0 amide bonds. The first-order valence-electron chi connectivity index (χ1n) is 13.0. The van der Waals surface area contributed by atoms with E-state index < -0.39 is 5.69 Å². The zero-order valence-corrected chi connectivity index (χ0v) is 21.8. The minimum atomic E-state index is -0.400. The average Bonchev–Trinajstić information content (AvgIpc) is 3.54. The molecule has 0 bridgehead atoms. The SMILES string of the molecule is COc1cccc2c1CC[C@H]1CN(CCn3c(=O)[nH]c4c(sc5nc(-c6ccccc6)cnc54)c3=O)C[C@@H]21. The average molecular weight is 526 g/mol. The molecule has 1 aliphatic heterocycles. The van der Waals surface area contributed by atoms with Crippen molar-refractivity contribution in [3.05, 3.63) is 86.7 Å². The Morgan fingerprint density at radius 1 is 1.08 bits per heavy atom. The zero-order chi connectivity index (χ0) is 25.8. The molecule has 192 valence electrons. The molecule has 3 aromatic heterocycles. The van der Waals surface area contributed by atoms with Crippen molar-refractivity contribution in [3.8, 4) is 17.0 Å². The van der Waals surface area contributed by atoms with Crippen molar-refractivity contribution in [3.63, 3.8) is 0 Å². The third kappa shape index (κ3) is 3.76. The number of benzene rings is 2. The number of fused-ring (bicyclic) bond motifs is 6. The van der Waals surface area contributed by atoms with Crippen LogP contribution < -0.4 is 16.0 Å². The number of aromatic amines is 1. The van der Waals surface area contributed by atoms with Crippen LogP contribution in [0.1, 0.15) is 23.5 Å². The normalized spacial score (nSPS) is 19.1. The molecule has 1 aliphatic carbocycles. The van der Waals surface area contributed by atoms with E-state index in [1.807, 2.05) is 36.4 Å². The second kappa shape index (κ2) is 9.18. The Labute approximate surface area is 222 Å². The molecule has 9 heteroatoms. The number of rotatable bonds is 5. The van der Waals surface area contributed by atoms with Crippen molar-refractivity contribution in [1.29, 1.82) is 0 Å². The summed E-state index contributed by atoms with van der Waals surface area (Å²) in [6.45, 7) is 2.91. The maximum absolute atomic E-state index is 13.4. The summed E-state index contributed by atoms with van der Waals surface area (Å²) in [6, 6.07) is 16.2. The maximum atomic E-state index is 13.4. The third-order valence-corrected chi connectivity index (χ3v) is 9.16. The van der Waals surface area contributed by atoms with Gasteiger partial charge in [-0.15, -0.1) is 11.3 Å². The molecule has 38 heavy (non-hydrogen) atoms. The third-order valence-electron chi connectivity index (χ3n) is 8.10. The lowest BCUT2D eigenvalue weighted by Crippen LogP contribution is -2.38. The Bertz CT molecular complexity index is 1790. The summed E-state index contributed by atoms with van der Waals surface area (Å²) in [4.78, 5) is 41.7. The van der Waals surface area contributed by atoms with Gasteiger partial charge in [-0.05, 0) is 36.0 Å².